The van der Waals surface area contributed by atoms with E-state index in [2.05, 4.69) is 11.2 Å². The van der Waals surface area contributed by atoms with Crippen LogP contribution in [0.3, 0.4) is 0 Å². The Labute approximate surface area is 89.2 Å². The minimum absolute atomic E-state index is 0.568. The molecule has 0 aliphatic heterocycles. The summed E-state index contributed by atoms with van der Waals surface area (Å²) < 4.78 is 5.42. The van der Waals surface area contributed by atoms with Crippen LogP contribution in [0.15, 0.2) is 24.3 Å². The zero-order chi connectivity index (χ0) is 10.2. The quantitative estimate of drug-likeness (QED) is 0.591. The van der Waals surface area contributed by atoms with Crippen molar-refractivity contribution < 1.29 is 4.74 Å². The molecule has 1 rings (SSSR count). The lowest BCUT2D eigenvalue weighted by molar-refractivity contribution is 0.317. The fourth-order valence-corrected chi connectivity index (χ4v) is 1.14. The molecule has 0 aromatic heterocycles. The lowest BCUT2D eigenvalue weighted by atomic mass is 10.3. The molecule has 0 saturated heterocycles. The molecule has 0 saturated carbocycles. The second kappa shape index (κ2) is 6.31. The molecule has 0 aliphatic carbocycles. The van der Waals surface area contributed by atoms with Crippen LogP contribution in [0, 0.1) is 12.3 Å². The summed E-state index contributed by atoms with van der Waals surface area (Å²) in [6.45, 7) is 1.89. The van der Waals surface area contributed by atoms with Gasteiger partial charge in [0.05, 0.1) is 6.54 Å². The molecule has 74 valence electrons. The van der Waals surface area contributed by atoms with Crippen molar-refractivity contribution >= 4 is 11.6 Å². The number of ether oxygens (including phenoxy) is 1. The third-order valence-electron chi connectivity index (χ3n) is 1.57. The van der Waals surface area contributed by atoms with Gasteiger partial charge >= 0.3 is 0 Å². The zero-order valence-corrected chi connectivity index (χ0v) is 8.55. The van der Waals surface area contributed by atoms with Crippen LogP contribution >= 0.6 is 11.6 Å². The average molecular weight is 210 g/mol. The summed E-state index contributed by atoms with van der Waals surface area (Å²) in [5.74, 6) is 3.27. The fraction of sp³-hybridized carbons (Fsp3) is 0.273. The third kappa shape index (κ3) is 4.18. The van der Waals surface area contributed by atoms with Gasteiger partial charge < -0.3 is 10.1 Å². The van der Waals surface area contributed by atoms with Crippen LogP contribution in [-0.4, -0.2) is 19.7 Å². The molecule has 0 amide bonds. The van der Waals surface area contributed by atoms with E-state index in [0.29, 0.717) is 18.2 Å². The summed E-state index contributed by atoms with van der Waals surface area (Å²) in [5, 5.41) is 3.71. The fourth-order valence-electron chi connectivity index (χ4n) is 0.958. The molecule has 0 bridgehead atoms. The lowest BCUT2D eigenvalue weighted by Crippen LogP contribution is -2.21. The van der Waals surface area contributed by atoms with Gasteiger partial charge in [-0.15, -0.1) is 6.42 Å². The number of hydrogen-bond acceptors (Lipinski definition) is 2. The van der Waals surface area contributed by atoms with E-state index in [1.165, 1.54) is 0 Å². The van der Waals surface area contributed by atoms with Crippen LogP contribution in [0.4, 0.5) is 0 Å². The Morgan fingerprint density at radius 2 is 2.36 bits per heavy atom. The highest BCUT2D eigenvalue weighted by molar-refractivity contribution is 6.30. The first-order chi connectivity index (χ1) is 6.83. The van der Waals surface area contributed by atoms with Crippen LogP contribution in [-0.2, 0) is 0 Å². The van der Waals surface area contributed by atoms with Crippen molar-refractivity contribution in [1.82, 2.24) is 5.32 Å². The topological polar surface area (TPSA) is 21.3 Å². The van der Waals surface area contributed by atoms with Crippen LogP contribution < -0.4 is 10.1 Å². The average Bonchev–Trinajstić information content (AvgIpc) is 2.18. The Bertz CT molecular complexity index is 319. The Hall–Kier alpha value is -1.17. The molecule has 0 heterocycles. The number of terminal acetylenes is 1. The van der Waals surface area contributed by atoms with Crippen molar-refractivity contribution in [2.24, 2.45) is 0 Å². The van der Waals surface area contributed by atoms with Crippen molar-refractivity contribution in [1.29, 1.82) is 0 Å². The van der Waals surface area contributed by atoms with Gasteiger partial charge in [0.2, 0.25) is 0 Å². The molecule has 0 aliphatic rings. The van der Waals surface area contributed by atoms with Crippen molar-refractivity contribution in [2.75, 3.05) is 19.7 Å². The predicted octanol–water partition coefficient (Wildman–Crippen LogP) is 1.94. The van der Waals surface area contributed by atoms with Crippen molar-refractivity contribution in [3.63, 3.8) is 0 Å². The lowest BCUT2D eigenvalue weighted by Gasteiger charge is -2.05. The predicted molar refractivity (Wildman–Crippen MR) is 58.6 cm³/mol. The minimum Gasteiger partial charge on any atom is -0.492 e. The maximum Gasteiger partial charge on any atom is 0.120 e. The molecule has 14 heavy (non-hydrogen) atoms. The Kier molecular flexibility index (Phi) is 4.92. The van der Waals surface area contributed by atoms with E-state index < -0.39 is 0 Å². The Balaban J connectivity index is 2.22. The first-order valence-electron chi connectivity index (χ1n) is 4.35. The molecule has 0 spiro atoms. The first kappa shape index (κ1) is 10.9. The number of hydrogen-bond donors (Lipinski definition) is 1. The highest BCUT2D eigenvalue weighted by Crippen LogP contribution is 2.16. The molecule has 1 aromatic rings. The van der Waals surface area contributed by atoms with Crippen molar-refractivity contribution in [2.45, 2.75) is 0 Å². The van der Waals surface area contributed by atoms with Gasteiger partial charge in [-0.25, -0.2) is 0 Å². The Morgan fingerprint density at radius 3 is 3.07 bits per heavy atom. The summed E-state index contributed by atoms with van der Waals surface area (Å²) in [7, 11) is 0. The molecule has 0 radical (unpaired) electrons. The van der Waals surface area contributed by atoms with Crippen LogP contribution in [0.1, 0.15) is 0 Å². The van der Waals surface area contributed by atoms with E-state index in [1.54, 1.807) is 6.07 Å². The SMILES string of the molecule is C#CCNCCOc1cccc(Cl)c1. The van der Waals surface area contributed by atoms with Gasteiger partial charge in [0.25, 0.3) is 0 Å². The molecule has 1 N–H and O–H groups in total. The van der Waals surface area contributed by atoms with Gasteiger partial charge in [0.15, 0.2) is 0 Å². The van der Waals surface area contributed by atoms with Crippen molar-refractivity contribution in [3.05, 3.63) is 29.3 Å². The van der Waals surface area contributed by atoms with Gasteiger partial charge in [-0.1, -0.05) is 23.6 Å². The summed E-state index contributed by atoms with van der Waals surface area (Å²) in [5.41, 5.74) is 0. The molecule has 0 fully saturated rings. The second-order valence-electron chi connectivity index (χ2n) is 2.69. The van der Waals surface area contributed by atoms with E-state index in [1.807, 2.05) is 18.2 Å². The smallest absolute Gasteiger partial charge is 0.120 e. The largest absolute Gasteiger partial charge is 0.492 e. The maximum atomic E-state index is 5.79. The van der Waals surface area contributed by atoms with E-state index in [9.17, 15) is 0 Å². The number of halogens is 1. The summed E-state index contributed by atoms with van der Waals surface area (Å²) in [4.78, 5) is 0. The number of nitrogens with one attached hydrogen (secondary N) is 1. The van der Waals surface area contributed by atoms with E-state index in [0.717, 1.165) is 12.3 Å². The molecule has 1 aromatic carbocycles. The van der Waals surface area contributed by atoms with Crippen LogP contribution in [0.5, 0.6) is 5.75 Å². The zero-order valence-electron chi connectivity index (χ0n) is 7.79. The van der Waals surface area contributed by atoms with Gasteiger partial charge in [-0.05, 0) is 18.2 Å². The maximum absolute atomic E-state index is 5.79. The first-order valence-corrected chi connectivity index (χ1v) is 4.73. The second-order valence-corrected chi connectivity index (χ2v) is 3.12. The molecule has 2 nitrogen and oxygen atoms in total. The normalized spacial score (nSPS) is 9.43. The number of benzene rings is 1. The van der Waals surface area contributed by atoms with Gasteiger partial charge in [-0.2, -0.15) is 0 Å². The summed E-state index contributed by atoms with van der Waals surface area (Å²) >= 11 is 5.79. The van der Waals surface area contributed by atoms with E-state index in [4.69, 9.17) is 22.8 Å². The molecule has 3 heteroatoms. The number of rotatable bonds is 5. The van der Waals surface area contributed by atoms with Gasteiger partial charge in [-0.3, -0.25) is 0 Å². The Morgan fingerprint density at radius 1 is 1.50 bits per heavy atom. The van der Waals surface area contributed by atoms with Gasteiger partial charge in [0.1, 0.15) is 12.4 Å². The summed E-state index contributed by atoms with van der Waals surface area (Å²) in [6, 6.07) is 7.31. The standard InChI is InChI=1S/C11H12ClNO/c1-2-6-13-7-8-14-11-5-3-4-10(12)9-11/h1,3-5,9,13H,6-8H2. The van der Waals surface area contributed by atoms with Crippen LogP contribution in [0.2, 0.25) is 5.02 Å². The monoisotopic (exact) mass is 209 g/mol. The highest BCUT2D eigenvalue weighted by atomic mass is 35.5. The molecule has 0 unspecified atom stereocenters. The summed E-state index contributed by atoms with van der Waals surface area (Å²) in [6.07, 6.45) is 5.07. The highest BCUT2D eigenvalue weighted by Gasteiger charge is 1.93. The molecular weight excluding hydrogens is 198 g/mol. The van der Waals surface area contributed by atoms with E-state index >= 15 is 0 Å². The van der Waals surface area contributed by atoms with Crippen molar-refractivity contribution in [3.8, 4) is 18.1 Å². The minimum atomic E-state index is 0.568. The van der Waals surface area contributed by atoms with Gasteiger partial charge in [0, 0.05) is 11.6 Å². The molecule has 0 atom stereocenters. The third-order valence-corrected chi connectivity index (χ3v) is 1.81. The van der Waals surface area contributed by atoms with Crippen LogP contribution in [0.25, 0.3) is 0 Å². The molecular formula is C11H12ClNO. The van der Waals surface area contributed by atoms with E-state index in [-0.39, 0.29) is 0 Å².